The predicted octanol–water partition coefficient (Wildman–Crippen LogP) is -0.474. The van der Waals surface area contributed by atoms with Crippen molar-refractivity contribution in [2.75, 3.05) is 49.3 Å². The van der Waals surface area contributed by atoms with E-state index in [9.17, 15) is 16.8 Å². The molecule has 1 N–H and O–H groups in total. The molecule has 0 unspecified atom stereocenters. The number of piperazine rings is 1. The normalized spacial score (nSPS) is 22.8. The summed E-state index contributed by atoms with van der Waals surface area (Å²) in [6.45, 7) is 6.25. The minimum Gasteiger partial charge on any atom is -0.333 e. The third-order valence-electron chi connectivity index (χ3n) is 5.04. The maximum absolute atomic E-state index is 12.8. The lowest BCUT2D eigenvalue weighted by molar-refractivity contribution is -0.901. The van der Waals surface area contributed by atoms with Gasteiger partial charge in [-0.15, -0.1) is 0 Å². The number of nitrogens with zero attached hydrogens (tertiary/aromatic N) is 2. The smallest absolute Gasteiger partial charge is 0.243 e. The van der Waals surface area contributed by atoms with E-state index in [4.69, 9.17) is 0 Å². The average molecular weight is 389 g/mol. The molecule has 140 valence electrons. The number of hydrogen-bond donors (Lipinski definition) is 1. The molecule has 7 nitrogen and oxygen atoms in total. The number of nitrogens with one attached hydrogen (secondary N) is 1. The van der Waals surface area contributed by atoms with Crippen molar-refractivity contribution in [1.29, 1.82) is 0 Å². The molecule has 2 aliphatic heterocycles. The van der Waals surface area contributed by atoms with Crippen molar-refractivity contribution in [1.82, 2.24) is 4.31 Å². The van der Waals surface area contributed by atoms with Crippen molar-refractivity contribution in [2.24, 2.45) is 0 Å². The summed E-state index contributed by atoms with van der Waals surface area (Å²) < 4.78 is 52.8. The van der Waals surface area contributed by atoms with Crippen molar-refractivity contribution in [3.63, 3.8) is 0 Å². The van der Waals surface area contributed by atoms with E-state index < -0.39 is 20.0 Å². The fourth-order valence-electron chi connectivity index (χ4n) is 3.41. The van der Waals surface area contributed by atoms with Gasteiger partial charge >= 0.3 is 0 Å². The Hall–Kier alpha value is -1.16. The van der Waals surface area contributed by atoms with E-state index in [2.05, 4.69) is 6.92 Å². The molecular weight excluding hydrogens is 362 g/mol. The molecule has 0 aromatic heterocycles. The zero-order valence-corrected chi connectivity index (χ0v) is 16.2. The number of benzene rings is 1. The van der Waals surface area contributed by atoms with E-state index in [1.54, 1.807) is 12.1 Å². The minimum absolute atomic E-state index is 0.150. The molecule has 1 aromatic rings. The van der Waals surface area contributed by atoms with Crippen LogP contribution in [0.5, 0.6) is 0 Å². The van der Waals surface area contributed by atoms with Crippen LogP contribution in [0.15, 0.2) is 29.2 Å². The van der Waals surface area contributed by atoms with Crippen LogP contribution in [0.4, 0.5) is 5.69 Å². The van der Waals surface area contributed by atoms with Gasteiger partial charge in [-0.2, -0.15) is 4.31 Å². The van der Waals surface area contributed by atoms with Gasteiger partial charge in [-0.3, -0.25) is 4.31 Å². The SMILES string of the molecule is CC[NH+]1CCN(S(=O)(=O)c2ccc(N3CCCCS3(=O)=O)cc2)CC1. The van der Waals surface area contributed by atoms with Crippen molar-refractivity contribution in [3.05, 3.63) is 24.3 Å². The Labute approximate surface area is 150 Å². The van der Waals surface area contributed by atoms with Gasteiger partial charge in [0.25, 0.3) is 0 Å². The lowest BCUT2D eigenvalue weighted by Crippen LogP contribution is -3.14. The number of anilines is 1. The highest BCUT2D eigenvalue weighted by Gasteiger charge is 2.31. The van der Waals surface area contributed by atoms with Crippen LogP contribution in [0.3, 0.4) is 0 Å². The van der Waals surface area contributed by atoms with Gasteiger partial charge in [0, 0.05) is 6.54 Å². The Bertz CT molecular complexity index is 798. The second-order valence-corrected chi connectivity index (χ2v) is 10.5. The summed E-state index contributed by atoms with van der Waals surface area (Å²) in [6, 6.07) is 6.24. The van der Waals surface area contributed by atoms with Gasteiger partial charge in [0.1, 0.15) is 0 Å². The van der Waals surface area contributed by atoms with Crippen molar-refractivity contribution in [3.8, 4) is 0 Å². The summed E-state index contributed by atoms with van der Waals surface area (Å²) in [5.41, 5.74) is 0.541. The predicted molar refractivity (Wildman–Crippen MR) is 96.8 cm³/mol. The first-order valence-corrected chi connectivity index (χ1v) is 11.8. The van der Waals surface area contributed by atoms with Gasteiger partial charge < -0.3 is 4.90 Å². The molecule has 0 radical (unpaired) electrons. The molecule has 1 aromatic carbocycles. The third-order valence-corrected chi connectivity index (χ3v) is 8.82. The van der Waals surface area contributed by atoms with Crippen LogP contribution in [0, 0.1) is 0 Å². The Morgan fingerprint density at radius 1 is 1.04 bits per heavy atom. The van der Waals surface area contributed by atoms with Gasteiger partial charge in [-0.05, 0) is 44.0 Å². The summed E-state index contributed by atoms with van der Waals surface area (Å²) in [5.74, 6) is 0.150. The molecule has 0 amide bonds. The van der Waals surface area contributed by atoms with E-state index in [-0.39, 0.29) is 10.6 Å². The number of sulfonamides is 2. The molecule has 2 heterocycles. The third kappa shape index (κ3) is 3.84. The highest BCUT2D eigenvalue weighted by molar-refractivity contribution is 7.92. The summed E-state index contributed by atoms with van der Waals surface area (Å²) in [6.07, 6.45) is 1.50. The molecule has 0 saturated carbocycles. The molecule has 25 heavy (non-hydrogen) atoms. The molecule has 0 bridgehead atoms. The Morgan fingerprint density at radius 3 is 2.24 bits per heavy atom. The van der Waals surface area contributed by atoms with Crippen LogP contribution in [0.1, 0.15) is 19.8 Å². The monoisotopic (exact) mass is 388 g/mol. The first-order valence-electron chi connectivity index (χ1n) is 8.79. The minimum atomic E-state index is -3.52. The molecule has 0 aliphatic carbocycles. The lowest BCUT2D eigenvalue weighted by atomic mass is 10.3. The van der Waals surface area contributed by atoms with Gasteiger partial charge in [0.2, 0.25) is 20.0 Å². The van der Waals surface area contributed by atoms with Gasteiger partial charge in [-0.25, -0.2) is 16.8 Å². The first kappa shape index (κ1) is 18.6. The Morgan fingerprint density at radius 2 is 1.68 bits per heavy atom. The lowest BCUT2D eigenvalue weighted by Gasteiger charge is -2.31. The maximum Gasteiger partial charge on any atom is 0.243 e. The number of quaternary nitrogens is 1. The van der Waals surface area contributed by atoms with Gasteiger partial charge in [-0.1, -0.05) is 0 Å². The summed E-state index contributed by atoms with van der Waals surface area (Å²) in [5, 5.41) is 0. The summed E-state index contributed by atoms with van der Waals surface area (Å²) >= 11 is 0. The molecule has 2 saturated heterocycles. The molecule has 0 spiro atoms. The van der Waals surface area contributed by atoms with E-state index in [1.807, 2.05) is 0 Å². The molecule has 3 rings (SSSR count). The van der Waals surface area contributed by atoms with E-state index in [1.165, 1.54) is 25.6 Å². The molecule has 2 aliphatic rings. The second kappa shape index (κ2) is 7.22. The quantitative estimate of drug-likeness (QED) is 0.756. The second-order valence-electron chi connectivity index (χ2n) is 6.60. The molecular formula is C16H26N3O4S2+. The zero-order valence-electron chi connectivity index (χ0n) is 14.5. The van der Waals surface area contributed by atoms with Crippen molar-refractivity contribution >= 4 is 25.7 Å². The Balaban J connectivity index is 1.78. The standard InChI is InChI=1S/C16H25N3O4S2/c1-2-17-10-12-18(13-11-17)25(22,23)16-7-5-15(6-8-16)19-9-3-4-14-24(19,20)21/h5-8H,2-4,9-14H2,1H3/p+1. The van der Waals surface area contributed by atoms with Crippen LogP contribution in [0.25, 0.3) is 0 Å². The topological polar surface area (TPSA) is 79.2 Å². The number of likely N-dealkylation sites (N-methyl/N-ethyl adjacent to an activating group) is 1. The first-order chi connectivity index (χ1) is 11.8. The van der Waals surface area contributed by atoms with Crippen LogP contribution in [0.2, 0.25) is 0 Å². The fraction of sp³-hybridized carbons (Fsp3) is 0.625. The molecule has 9 heteroatoms. The largest absolute Gasteiger partial charge is 0.333 e. The fourth-order valence-corrected chi connectivity index (χ4v) is 6.49. The van der Waals surface area contributed by atoms with Crippen molar-refractivity contribution in [2.45, 2.75) is 24.7 Å². The van der Waals surface area contributed by atoms with Gasteiger partial charge in [0.05, 0.1) is 49.1 Å². The Kier molecular flexibility index (Phi) is 5.38. The zero-order chi connectivity index (χ0) is 18.1. The summed E-state index contributed by atoms with van der Waals surface area (Å²) in [4.78, 5) is 1.64. The highest BCUT2D eigenvalue weighted by atomic mass is 32.2. The highest BCUT2D eigenvalue weighted by Crippen LogP contribution is 2.25. The van der Waals surface area contributed by atoms with E-state index in [0.29, 0.717) is 31.7 Å². The van der Waals surface area contributed by atoms with Crippen LogP contribution in [-0.4, -0.2) is 66.2 Å². The van der Waals surface area contributed by atoms with E-state index >= 15 is 0 Å². The number of hydrogen-bond acceptors (Lipinski definition) is 4. The van der Waals surface area contributed by atoms with Crippen LogP contribution < -0.4 is 9.21 Å². The molecule has 2 fully saturated rings. The molecule has 0 atom stereocenters. The summed E-state index contributed by atoms with van der Waals surface area (Å²) in [7, 11) is -6.80. The van der Waals surface area contributed by atoms with E-state index in [0.717, 1.165) is 26.1 Å². The van der Waals surface area contributed by atoms with Gasteiger partial charge in [0.15, 0.2) is 0 Å². The average Bonchev–Trinajstić information content (AvgIpc) is 2.61. The van der Waals surface area contributed by atoms with Crippen LogP contribution in [-0.2, 0) is 20.0 Å². The maximum atomic E-state index is 12.8. The van der Waals surface area contributed by atoms with Crippen LogP contribution >= 0.6 is 0 Å². The van der Waals surface area contributed by atoms with Crippen molar-refractivity contribution < 1.29 is 21.7 Å². The number of rotatable bonds is 4.